The van der Waals surface area contributed by atoms with Crippen molar-refractivity contribution in [3.8, 4) is 0 Å². The van der Waals surface area contributed by atoms with Crippen LogP contribution >= 0.6 is 0 Å². The van der Waals surface area contributed by atoms with E-state index in [0.717, 1.165) is 12.0 Å². The van der Waals surface area contributed by atoms with Crippen LogP contribution in [0.25, 0.3) is 0 Å². The zero-order valence-electron chi connectivity index (χ0n) is 6.06. The molecule has 1 N–H and O–H groups in total. The topological polar surface area (TPSA) is 12.0 Å². The first-order valence-electron chi connectivity index (χ1n) is 3.67. The summed E-state index contributed by atoms with van der Waals surface area (Å²) in [6.07, 6.45) is 4.52. The van der Waals surface area contributed by atoms with Crippen molar-refractivity contribution in [1.29, 1.82) is 0 Å². The third-order valence-corrected chi connectivity index (χ3v) is 1.94. The van der Waals surface area contributed by atoms with Crippen LogP contribution in [0, 0.1) is 5.92 Å². The number of allylic oxidation sites excluding steroid dienone is 1. The summed E-state index contributed by atoms with van der Waals surface area (Å²) in [6.45, 7) is 7.15. The van der Waals surface area contributed by atoms with Crippen LogP contribution in [-0.4, -0.2) is 12.6 Å². The van der Waals surface area contributed by atoms with E-state index in [-0.39, 0.29) is 0 Å². The van der Waals surface area contributed by atoms with E-state index in [1.165, 1.54) is 19.4 Å². The Morgan fingerprint density at radius 2 is 2.56 bits per heavy atom. The van der Waals surface area contributed by atoms with Crippen LogP contribution in [0.1, 0.15) is 19.8 Å². The minimum atomic E-state index is 0.731. The lowest BCUT2D eigenvalue weighted by molar-refractivity contribution is 0.577. The van der Waals surface area contributed by atoms with Gasteiger partial charge in [-0.3, -0.25) is 0 Å². The first-order chi connectivity index (χ1) is 4.33. The zero-order valence-corrected chi connectivity index (χ0v) is 6.06. The summed E-state index contributed by atoms with van der Waals surface area (Å²) in [7, 11) is 0. The number of nitrogens with one attached hydrogen (secondary N) is 1. The van der Waals surface area contributed by atoms with E-state index < -0.39 is 0 Å². The van der Waals surface area contributed by atoms with Gasteiger partial charge in [0.05, 0.1) is 0 Å². The molecule has 0 radical (unpaired) electrons. The van der Waals surface area contributed by atoms with Gasteiger partial charge in [-0.2, -0.15) is 0 Å². The number of hydrogen-bond donors (Lipinski definition) is 1. The van der Waals surface area contributed by atoms with Gasteiger partial charge in [-0.25, -0.2) is 0 Å². The van der Waals surface area contributed by atoms with E-state index >= 15 is 0 Å². The molecule has 1 saturated heterocycles. The van der Waals surface area contributed by atoms with E-state index in [1.54, 1.807) is 0 Å². The Morgan fingerprint density at radius 1 is 1.78 bits per heavy atom. The highest BCUT2D eigenvalue weighted by Gasteiger charge is 2.18. The number of rotatable bonds is 2. The van der Waals surface area contributed by atoms with Crippen LogP contribution in [0.4, 0.5) is 0 Å². The largest absolute Gasteiger partial charge is 0.314 e. The van der Waals surface area contributed by atoms with Gasteiger partial charge >= 0.3 is 0 Å². The average molecular weight is 125 g/mol. The van der Waals surface area contributed by atoms with Crippen molar-refractivity contribution in [2.24, 2.45) is 5.92 Å². The molecule has 0 aromatic carbocycles. The van der Waals surface area contributed by atoms with Gasteiger partial charge in [0.15, 0.2) is 0 Å². The molecule has 1 rings (SSSR count). The molecular formula is C8H15N. The first-order valence-corrected chi connectivity index (χ1v) is 3.67. The third-order valence-electron chi connectivity index (χ3n) is 1.94. The van der Waals surface area contributed by atoms with Gasteiger partial charge in [0.2, 0.25) is 0 Å². The van der Waals surface area contributed by atoms with Crippen molar-refractivity contribution in [1.82, 2.24) is 5.32 Å². The smallest absolute Gasteiger partial charge is 0.00420 e. The van der Waals surface area contributed by atoms with Crippen LogP contribution in [0.3, 0.4) is 0 Å². The van der Waals surface area contributed by atoms with E-state index in [2.05, 4.69) is 18.8 Å². The Morgan fingerprint density at radius 3 is 3.00 bits per heavy atom. The average Bonchev–Trinajstić information content (AvgIpc) is 2.17. The van der Waals surface area contributed by atoms with Gasteiger partial charge < -0.3 is 5.32 Å². The van der Waals surface area contributed by atoms with Crippen LogP contribution in [0.15, 0.2) is 12.7 Å². The summed E-state index contributed by atoms with van der Waals surface area (Å²) >= 11 is 0. The number of hydrogen-bond acceptors (Lipinski definition) is 1. The minimum Gasteiger partial charge on any atom is -0.314 e. The third kappa shape index (κ3) is 1.83. The second kappa shape index (κ2) is 3.02. The maximum atomic E-state index is 3.72. The molecule has 1 nitrogen and oxygen atoms in total. The normalized spacial score (nSPS) is 34.8. The summed E-state index contributed by atoms with van der Waals surface area (Å²) in [5.74, 6) is 0.859. The molecule has 52 valence electrons. The van der Waals surface area contributed by atoms with Crippen molar-refractivity contribution in [2.45, 2.75) is 25.8 Å². The second-order valence-electron chi connectivity index (χ2n) is 2.94. The van der Waals surface area contributed by atoms with Gasteiger partial charge in [0, 0.05) is 6.04 Å². The highest BCUT2D eigenvalue weighted by atomic mass is 14.9. The molecule has 9 heavy (non-hydrogen) atoms. The van der Waals surface area contributed by atoms with Gasteiger partial charge in [-0.1, -0.05) is 6.08 Å². The predicted octanol–water partition coefficient (Wildman–Crippen LogP) is 1.56. The molecule has 1 aliphatic rings. The fourth-order valence-electron chi connectivity index (χ4n) is 1.45. The predicted molar refractivity (Wildman–Crippen MR) is 40.4 cm³/mol. The quantitative estimate of drug-likeness (QED) is 0.552. The maximum absolute atomic E-state index is 3.72. The molecule has 1 heterocycles. The van der Waals surface area contributed by atoms with Crippen molar-refractivity contribution >= 4 is 0 Å². The molecule has 2 atom stereocenters. The van der Waals surface area contributed by atoms with Gasteiger partial charge in [0.25, 0.3) is 0 Å². The van der Waals surface area contributed by atoms with Gasteiger partial charge in [0.1, 0.15) is 0 Å². The Balaban J connectivity index is 2.21. The van der Waals surface area contributed by atoms with Crippen LogP contribution in [0.5, 0.6) is 0 Å². The monoisotopic (exact) mass is 125 g/mol. The zero-order chi connectivity index (χ0) is 6.69. The van der Waals surface area contributed by atoms with E-state index in [0.29, 0.717) is 0 Å². The SMILES string of the molecule is C=CCC1CNC(C)C1. The molecule has 0 bridgehead atoms. The van der Waals surface area contributed by atoms with Crippen molar-refractivity contribution in [2.75, 3.05) is 6.54 Å². The molecule has 1 fully saturated rings. The lowest BCUT2D eigenvalue weighted by Crippen LogP contribution is -2.16. The van der Waals surface area contributed by atoms with Gasteiger partial charge in [-0.05, 0) is 32.2 Å². The van der Waals surface area contributed by atoms with E-state index in [1.807, 2.05) is 6.08 Å². The Bertz CT molecular complexity index is 98.7. The van der Waals surface area contributed by atoms with Crippen molar-refractivity contribution in [3.05, 3.63) is 12.7 Å². The van der Waals surface area contributed by atoms with E-state index in [9.17, 15) is 0 Å². The van der Waals surface area contributed by atoms with Crippen molar-refractivity contribution in [3.63, 3.8) is 0 Å². The summed E-state index contributed by atoms with van der Waals surface area (Å²) < 4.78 is 0. The lowest BCUT2D eigenvalue weighted by atomic mass is 10.0. The molecule has 0 aliphatic carbocycles. The molecule has 0 amide bonds. The Labute approximate surface area is 57.1 Å². The second-order valence-corrected chi connectivity index (χ2v) is 2.94. The van der Waals surface area contributed by atoms with Gasteiger partial charge in [-0.15, -0.1) is 6.58 Å². The fraction of sp³-hybridized carbons (Fsp3) is 0.750. The highest BCUT2D eigenvalue weighted by molar-refractivity contribution is 4.83. The highest BCUT2D eigenvalue weighted by Crippen LogP contribution is 2.16. The maximum Gasteiger partial charge on any atom is 0.00420 e. The van der Waals surface area contributed by atoms with E-state index in [4.69, 9.17) is 0 Å². The minimum absolute atomic E-state index is 0.731. The molecule has 0 spiro atoms. The van der Waals surface area contributed by atoms with Crippen LogP contribution in [0.2, 0.25) is 0 Å². The summed E-state index contributed by atoms with van der Waals surface area (Å²) in [5, 5.41) is 3.41. The van der Waals surface area contributed by atoms with Crippen LogP contribution in [-0.2, 0) is 0 Å². The molecule has 1 heteroatoms. The summed E-state index contributed by atoms with van der Waals surface area (Å²) in [6, 6.07) is 0.731. The Hall–Kier alpha value is -0.300. The Kier molecular flexibility index (Phi) is 2.29. The lowest BCUT2D eigenvalue weighted by Gasteiger charge is -2.01. The molecule has 0 saturated carbocycles. The standard InChI is InChI=1S/C8H15N/c1-3-4-8-5-7(2)9-6-8/h3,7-9H,1,4-6H2,2H3. The molecule has 0 aromatic heterocycles. The molecule has 1 aliphatic heterocycles. The molecular weight excluding hydrogens is 110 g/mol. The summed E-state index contributed by atoms with van der Waals surface area (Å²) in [5.41, 5.74) is 0. The van der Waals surface area contributed by atoms with Crippen LogP contribution < -0.4 is 5.32 Å². The molecule has 2 unspecified atom stereocenters. The summed E-state index contributed by atoms with van der Waals surface area (Å²) in [4.78, 5) is 0. The fourth-order valence-corrected chi connectivity index (χ4v) is 1.45. The van der Waals surface area contributed by atoms with Crippen molar-refractivity contribution < 1.29 is 0 Å². The molecule has 0 aromatic rings. The first kappa shape index (κ1) is 6.81.